The number of carbonyl (C=O) groups is 4. The van der Waals surface area contributed by atoms with Crippen molar-refractivity contribution in [2.45, 2.75) is 39.3 Å². The number of nitrogens with one attached hydrogen (secondary N) is 2. The number of carboxylic acid groups (broad SMARTS) is 1. The molecule has 0 spiro atoms. The van der Waals surface area contributed by atoms with Gasteiger partial charge in [0.25, 0.3) is 5.91 Å². The van der Waals surface area contributed by atoms with E-state index >= 15 is 0 Å². The summed E-state index contributed by atoms with van der Waals surface area (Å²) in [5.74, 6) is -1.11. The van der Waals surface area contributed by atoms with E-state index in [9.17, 15) is 24.3 Å². The number of benzene rings is 2. The number of anilines is 1. The van der Waals surface area contributed by atoms with Crippen molar-refractivity contribution in [2.24, 2.45) is 0 Å². The monoisotopic (exact) mass is 588 g/mol. The Bertz CT molecular complexity index is 1440. The van der Waals surface area contributed by atoms with Crippen LogP contribution in [0.5, 0.6) is 0 Å². The molecule has 0 unspecified atom stereocenters. The second kappa shape index (κ2) is 14.3. The maximum atomic E-state index is 13.8. The first-order valence-electron chi connectivity index (χ1n) is 14.2. The highest BCUT2D eigenvalue weighted by Crippen LogP contribution is 2.19. The molecule has 3 aromatic rings. The van der Waals surface area contributed by atoms with Crippen molar-refractivity contribution < 1.29 is 29.0 Å². The third-order valence-electron chi connectivity index (χ3n) is 6.79. The zero-order chi connectivity index (χ0) is 30.9. The molecule has 1 aliphatic heterocycles. The van der Waals surface area contributed by atoms with Crippen LogP contribution in [0.4, 0.5) is 10.6 Å². The first kappa shape index (κ1) is 30.9. The SMILES string of the molecule is CCOC(=O)N1CCN(C(=O)[C@H](Cc2ccc(C(=O)O)cc2)NC(=O)c2cc(NC(C)C)nc(-c3ccccc3)n2)CC1. The lowest BCUT2D eigenvalue weighted by Crippen LogP contribution is -2.56. The van der Waals surface area contributed by atoms with Crippen LogP contribution >= 0.6 is 0 Å². The molecule has 2 aromatic carbocycles. The van der Waals surface area contributed by atoms with Gasteiger partial charge >= 0.3 is 12.1 Å². The van der Waals surface area contributed by atoms with Gasteiger partial charge in [0.1, 0.15) is 17.6 Å². The number of hydrogen-bond donors (Lipinski definition) is 3. The molecule has 1 saturated heterocycles. The van der Waals surface area contributed by atoms with Crippen LogP contribution in [0.25, 0.3) is 11.4 Å². The number of ether oxygens (including phenoxy) is 1. The summed E-state index contributed by atoms with van der Waals surface area (Å²) < 4.78 is 5.07. The number of hydrogen-bond acceptors (Lipinski definition) is 8. The van der Waals surface area contributed by atoms with Crippen LogP contribution in [-0.4, -0.2) is 93.6 Å². The topological polar surface area (TPSA) is 154 Å². The average Bonchev–Trinajstić information content (AvgIpc) is 3.00. The van der Waals surface area contributed by atoms with Crippen molar-refractivity contribution in [2.75, 3.05) is 38.1 Å². The molecule has 1 atom stereocenters. The van der Waals surface area contributed by atoms with Gasteiger partial charge in [0.2, 0.25) is 5.91 Å². The smallest absolute Gasteiger partial charge is 0.409 e. The Morgan fingerprint density at radius 1 is 0.930 bits per heavy atom. The van der Waals surface area contributed by atoms with Gasteiger partial charge in [0, 0.05) is 50.3 Å². The molecule has 0 aliphatic carbocycles. The minimum atomic E-state index is -1.06. The lowest BCUT2D eigenvalue weighted by atomic mass is 10.0. The van der Waals surface area contributed by atoms with Crippen molar-refractivity contribution in [1.82, 2.24) is 25.1 Å². The van der Waals surface area contributed by atoms with E-state index in [4.69, 9.17) is 4.74 Å². The third kappa shape index (κ3) is 8.28. The molecule has 43 heavy (non-hydrogen) atoms. The number of nitrogens with zero attached hydrogens (tertiary/aromatic N) is 4. The highest BCUT2D eigenvalue weighted by atomic mass is 16.6. The van der Waals surface area contributed by atoms with Crippen LogP contribution in [-0.2, 0) is 16.0 Å². The van der Waals surface area contributed by atoms with Gasteiger partial charge in [-0.2, -0.15) is 0 Å². The van der Waals surface area contributed by atoms with Gasteiger partial charge in [-0.05, 0) is 38.5 Å². The predicted octanol–water partition coefficient (Wildman–Crippen LogP) is 3.30. The maximum Gasteiger partial charge on any atom is 0.409 e. The van der Waals surface area contributed by atoms with Crippen LogP contribution < -0.4 is 10.6 Å². The quantitative estimate of drug-likeness (QED) is 0.324. The molecular weight excluding hydrogens is 552 g/mol. The zero-order valence-corrected chi connectivity index (χ0v) is 24.4. The average molecular weight is 589 g/mol. The Balaban J connectivity index is 1.59. The molecule has 4 rings (SSSR count). The van der Waals surface area contributed by atoms with Crippen LogP contribution in [0.3, 0.4) is 0 Å². The standard InChI is InChI=1S/C31H36N6O6/c1-4-43-31(42)37-16-14-36(15-17-37)29(39)25(18-21-10-12-23(13-11-21)30(40)41)34-28(38)24-19-26(32-20(2)3)35-27(33-24)22-8-6-5-7-9-22/h5-13,19-20,25H,4,14-18H2,1-3H3,(H,34,38)(H,40,41)(H,32,33,35)/t25-/m0/s1. The van der Waals surface area contributed by atoms with E-state index in [1.54, 1.807) is 34.9 Å². The van der Waals surface area contributed by atoms with E-state index < -0.39 is 24.0 Å². The zero-order valence-electron chi connectivity index (χ0n) is 24.4. The summed E-state index contributed by atoms with van der Waals surface area (Å²) in [5.41, 5.74) is 1.60. The second-order valence-electron chi connectivity index (χ2n) is 10.4. The van der Waals surface area contributed by atoms with Crippen LogP contribution in [0.15, 0.2) is 60.7 Å². The largest absolute Gasteiger partial charge is 0.478 e. The van der Waals surface area contributed by atoms with Crippen molar-refractivity contribution >= 4 is 29.7 Å². The summed E-state index contributed by atoms with van der Waals surface area (Å²) in [6.07, 6.45) is -0.308. The first-order chi connectivity index (χ1) is 20.6. The summed E-state index contributed by atoms with van der Waals surface area (Å²) in [4.78, 5) is 63.1. The van der Waals surface area contributed by atoms with Crippen LogP contribution in [0.1, 0.15) is 47.2 Å². The van der Waals surface area contributed by atoms with E-state index in [2.05, 4.69) is 20.6 Å². The van der Waals surface area contributed by atoms with E-state index in [0.717, 1.165) is 5.56 Å². The molecule has 0 radical (unpaired) electrons. The van der Waals surface area contributed by atoms with E-state index in [-0.39, 0.29) is 49.3 Å². The lowest BCUT2D eigenvalue weighted by Gasteiger charge is -2.36. The molecule has 12 heteroatoms. The van der Waals surface area contributed by atoms with E-state index in [0.29, 0.717) is 30.3 Å². The Labute approximate surface area is 250 Å². The Hall–Kier alpha value is -5.00. The van der Waals surface area contributed by atoms with Gasteiger partial charge in [0.15, 0.2) is 5.82 Å². The van der Waals surface area contributed by atoms with Crippen LogP contribution in [0.2, 0.25) is 0 Å². The molecule has 226 valence electrons. The molecule has 2 heterocycles. The van der Waals surface area contributed by atoms with Crippen LogP contribution in [0, 0.1) is 0 Å². The first-order valence-corrected chi connectivity index (χ1v) is 14.2. The molecule has 1 aromatic heterocycles. The molecule has 0 bridgehead atoms. The summed E-state index contributed by atoms with van der Waals surface area (Å²) in [5, 5.41) is 15.3. The minimum Gasteiger partial charge on any atom is -0.478 e. The predicted molar refractivity (Wildman–Crippen MR) is 160 cm³/mol. The van der Waals surface area contributed by atoms with Gasteiger partial charge < -0.3 is 30.3 Å². The van der Waals surface area contributed by atoms with Crippen molar-refractivity contribution in [3.8, 4) is 11.4 Å². The highest BCUT2D eigenvalue weighted by molar-refractivity contribution is 5.97. The van der Waals surface area contributed by atoms with E-state index in [1.165, 1.54) is 12.1 Å². The molecule has 12 nitrogen and oxygen atoms in total. The van der Waals surface area contributed by atoms with Gasteiger partial charge in [-0.1, -0.05) is 42.5 Å². The van der Waals surface area contributed by atoms with Gasteiger partial charge in [-0.3, -0.25) is 9.59 Å². The molecule has 3 amide bonds. The Morgan fingerprint density at radius 3 is 2.19 bits per heavy atom. The number of amides is 3. The molecule has 1 aliphatic rings. The number of piperazine rings is 1. The van der Waals surface area contributed by atoms with Crippen molar-refractivity contribution in [3.63, 3.8) is 0 Å². The summed E-state index contributed by atoms with van der Waals surface area (Å²) in [6, 6.07) is 16.1. The normalized spacial score (nSPS) is 13.8. The van der Waals surface area contributed by atoms with Gasteiger partial charge in [0.05, 0.1) is 12.2 Å². The van der Waals surface area contributed by atoms with Gasteiger partial charge in [-0.15, -0.1) is 0 Å². The van der Waals surface area contributed by atoms with Crippen molar-refractivity contribution in [3.05, 3.63) is 77.5 Å². The Kier molecular flexibility index (Phi) is 10.3. The number of carbonyl (C=O) groups excluding carboxylic acids is 3. The molecule has 3 N–H and O–H groups in total. The number of carboxylic acids is 1. The fourth-order valence-corrected chi connectivity index (χ4v) is 4.65. The van der Waals surface area contributed by atoms with Gasteiger partial charge in [-0.25, -0.2) is 19.6 Å². The lowest BCUT2D eigenvalue weighted by molar-refractivity contribution is -0.134. The highest BCUT2D eigenvalue weighted by Gasteiger charge is 2.31. The number of aromatic carboxylic acids is 1. The summed E-state index contributed by atoms with van der Waals surface area (Å²) in [7, 11) is 0. The molecule has 0 saturated carbocycles. The summed E-state index contributed by atoms with van der Waals surface area (Å²) >= 11 is 0. The number of aromatic nitrogens is 2. The Morgan fingerprint density at radius 2 is 1.58 bits per heavy atom. The minimum absolute atomic E-state index is 0.0470. The van der Waals surface area contributed by atoms with Crippen molar-refractivity contribution in [1.29, 1.82) is 0 Å². The third-order valence-corrected chi connectivity index (χ3v) is 6.79. The number of rotatable bonds is 10. The molecule has 1 fully saturated rings. The fourth-order valence-electron chi connectivity index (χ4n) is 4.65. The second-order valence-corrected chi connectivity index (χ2v) is 10.4. The summed E-state index contributed by atoms with van der Waals surface area (Å²) in [6.45, 7) is 7.05. The maximum absolute atomic E-state index is 13.8. The van der Waals surface area contributed by atoms with E-state index in [1.807, 2.05) is 44.2 Å². The molecular formula is C31H36N6O6. The fraction of sp³-hybridized carbons (Fsp3) is 0.355.